The maximum Gasteiger partial charge on any atom is 0.254 e. The summed E-state index contributed by atoms with van der Waals surface area (Å²) in [7, 11) is 2.06. The molecule has 2 aromatic heterocycles. The fraction of sp³-hybridized carbons (Fsp3) is 0.320. The van der Waals surface area contributed by atoms with Crippen LogP contribution >= 0.6 is 0 Å². The van der Waals surface area contributed by atoms with E-state index in [-0.39, 0.29) is 12.5 Å². The Kier molecular flexibility index (Phi) is 4.03. The number of aromatic nitrogens is 3. The molecule has 0 saturated heterocycles. The first-order valence-corrected chi connectivity index (χ1v) is 10.9. The summed E-state index contributed by atoms with van der Waals surface area (Å²) in [5, 5.41) is 1.23. The first-order chi connectivity index (χ1) is 15.1. The molecule has 1 saturated carbocycles. The Labute approximate surface area is 180 Å². The number of aryl methyl sites for hydroxylation is 1. The average Bonchev–Trinajstić information content (AvgIpc) is 3.45. The highest BCUT2D eigenvalue weighted by Crippen LogP contribution is 2.36. The van der Waals surface area contributed by atoms with Gasteiger partial charge in [-0.15, -0.1) is 0 Å². The molecule has 0 bridgehead atoms. The number of rotatable bonds is 5. The fourth-order valence-corrected chi connectivity index (χ4v) is 4.86. The summed E-state index contributed by atoms with van der Waals surface area (Å²) in [5.74, 6) is 1.59. The number of hydrogen-bond donors (Lipinski definition) is 0. The van der Waals surface area contributed by atoms with Gasteiger partial charge >= 0.3 is 0 Å². The molecule has 4 aromatic rings. The van der Waals surface area contributed by atoms with Crippen LogP contribution in [0.4, 0.5) is 0 Å². The van der Waals surface area contributed by atoms with Crippen LogP contribution in [0.1, 0.15) is 28.8 Å². The van der Waals surface area contributed by atoms with E-state index in [2.05, 4.69) is 52.6 Å². The van der Waals surface area contributed by atoms with Gasteiger partial charge in [0.15, 0.2) is 5.82 Å². The van der Waals surface area contributed by atoms with E-state index in [9.17, 15) is 9.59 Å². The zero-order valence-electron chi connectivity index (χ0n) is 17.5. The number of hydrogen-bond acceptors (Lipinski definition) is 3. The van der Waals surface area contributed by atoms with Crippen LogP contribution in [0.3, 0.4) is 0 Å². The predicted molar refractivity (Wildman–Crippen MR) is 120 cm³/mol. The number of carbonyl (C=O) groups is 2. The molecule has 0 radical (unpaired) electrons. The van der Waals surface area contributed by atoms with Crippen molar-refractivity contribution >= 4 is 34.1 Å². The van der Waals surface area contributed by atoms with Crippen molar-refractivity contribution in [1.82, 2.24) is 19.0 Å². The van der Waals surface area contributed by atoms with E-state index in [1.807, 2.05) is 6.07 Å². The summed E-state index contributed by atoms with van der Waals surface area (Å²) in [4.78, 5) is 30.4. The lowest BCUT2D eigenvalue weighted by molar-refractivity contribution is -0.108. The Morgan fingerprint density at radius 2 is 1.97 bits per heavy atom. The molecule has 1 amide bonds. The molecule has 6 rings (SSSR count). The second kappa shape index (κ2) is 6.80. The maximum atomic E-state index is 12.8. The third-order valence-electron chi connectivity index (χ3n) is 6.75. The fourth-order valence-electron chi connectivity index (χ4n) is 4.86. The van der Waals surface area contributed by atoms with Gasteiger partial charge in [-0.1, -0.05) is 18.2 Å². The third-order valence-corrected chi connectivity index (χ3v) is 6.75. The molecule has 0 unspecified atom stereocenters. The predicted octanol–water partition coefficient (Wildman–Crippen LogP) is 3.80. The van der Waals surface area contributed by atoms with Gasteiger partial charge in [-0.2, -0.15) is 0 Å². The van der Waals surface area contributed by atoms with Crippen LogP contribution < -0.4 is 0 Å². The molecule has 0 spiro atoms. The van der Waals surface area contributed by atoms with Gasteiger partial charge in [0.05, 0.1) is 23.3 Å². The van der Waals surface area contributed by atoms with E-state index in [4.69, 9.17) is 4.98 Å². The lowest BCUT2D eigenvalue weighted by atomic mass is 9.98. The van der Waals surface area contributed by atoms with Gasteiger partial charge in [-0.3, -0.25) is 4.79 Å². The highest BCUT2D eigenvalue weighted by atomic mass is 16.2. The first-order valence-electron chi connectivity index (χ1n) is 10.9. The molecule has 1 aliphatic heterocycles. The average molecular weight is 412 g/mol. The van der Waals surface area contributed by atoms with Crippen LogP contribution in [-0.2, 0) is 24.8 Å². The van der Waals surface area contributed by atoms with Crippen LogP contribution in [-0.4, -0.2) is 44.3 Å². The number of carbonyl (C=O) groups excluding carboxylic acids is 2. The summed E-state index contributed by atoms with van der Waals surface area (Å²) in [6.07, 6.45) is 4.13. The van der Waals surface area contributed by atoms with E-state index >= 15 is 0 Å². The lowest BCUT2D eigenvalue weighted by Gasteiger charge is -2.26. The Balaban J connectivity index is 1.51. The van der Waals surface area contributed by atoms with Crippen molar-refractivity contribution in [2.24, 2.45) is 13.0 Å². The number of fused-ring (bicyclic) bond motifs is 3. The summed E-state index contributed by atoms with van der Waals surface area (Å²) in [5.41, 5.74) is 5.93. The van der Waals surface area contributed by atoms with Crippen LogP contribution in [0.2, 0.25) is 0 Å². The van der Waals surface area contributed by atoms with Gasteiger partial charge in [0.2, 0.25) is 0 Å². The van der Waals surface area contributed by atoms with Crippen molar-refractivity contribution in [2.75, 3.05) is 13.1 Å². The van der Waals surface area contributed by atoms with Crippen molar-refractivity contribution < 1.29 is 9.59 Å². The molecule has 1 fully saturated rings. The van der Waals surface area contributed by atoms with E-state index < -0.39 is 0 Å². The summed E-state index contributed by atoms with van der Waals surface area (Å²) < 4.78 is 4.56. The summed E-state index contributed by atoms with van der Waals surface area (Å²) in [6.45, 7) is 1.74. The highest BCUT2D eigenvalue weighted by Gasteiger charge is 2.28. The summed E-state index contributed by atoms with van der Waals surface area (Å²) in [6, 6.07) is 14.7. The van der Waals surface area contributed by atoms with E-state index in [0.29, 0.717) is 12.1 Å². The van der Waals surface area contributed by atoms with Gasteiger partial charge < -0.3 is 18.8 Å². The minimum absolute atomic E-state index is 0.0784. The topological polar surface area (TPSA) is 60.1 Å². The number of nitrogens with zero attached hydrogens (tertiary/aromatic N) is 4. The van der Waals surface area contributed by atoms with Crippen LogP contribution in [0.5, 0.6) is 0 Å². The zero-order valence-corrected chi connectivity index (χ0v) is 17.5. The quantitative estimate of drug-likeness (QED) is 0.469. The van der Waals surface area contributed by atoms with Crippen molar-refractivity contribution in [3.63, 3.8) is 0 Å². The molecule has 2 aromatic carbocycles. The molecule has 6 heteroatoms. The van der Waals surface area contributed by atoms with Crippen molar-refractivity contribution in [3.05, 3.63) is 53.6 Å². The van der Waals surface area contributed by atoms with Gasteiger partial charge in [-0.25, -0.2) is 4.98 Å². The number of aldehydes is 1. The minimum atomic E-state index is -0.0784. The van der Waals surface area contributed by atoms with E-state index in [0.717, 1.165) is 53.3 Å². The number of benzene rings is 2. The zero-order chi connectivity index (χ0) is 21.1. The smallest absolute Gasteiger partial charge is 0.254 e. The molecular formula is C25H24N4O2. The Hall–Kier alpha value is -3.41. The number of imidazole rings is 1. The van der Waals surface area contributed by atoms with Crippen molar-refractivity contribution in [3.8, 4) is 11.5 Å². The largest absolute Gasteiger partial charge is 0.338 e. The van der Waals surface area contributed by atoms with Crippen LogP contribution in [0.25, 0.3) is 33.5 Å². The van der Waals surface area contributed by atoms with E-state index in [1.165, 1.54) is 23.7 Å². The molecular weight excluding hydrogens is 388 g/mol. The second-order valence-electron chi connectivity index (χ2n) is 8.80. The molecule has 0 N–H and O–H groups in total. The minimum Gasteiger partial charge on any atom is -0.338 e. The molecule has 156 valence electrons. The first kappa shape index (κ1) is 18.4. The van der Waals surface area contributed by atoms with Gasteiger partial charge in [-0.05, 0) is 55.0 Å². The monoisotopic (exact) mass is 412 g/mol. The van der Waals surface area contributed by atoms with Gasteiger partial charge in [0.25, 0.3) is 5.91 Å². The molecule has 31 heavy (non-hydrogen) atoms. The normalized spacial score (nSPS) is 16.3. The van der Waals surface area contributed by atoms with Gasteiger partial charge in [0, 0.05) is 36.6 Å². The Morgan fingerprint density at radius 1 is 1.13 bits per heavy atom. The molecule has 0 atom stereocenters. The second-order valence-corrected chi connectivity index (χ2v) is 8.80. The van der Waals surface area contributed by atoms with Gasteiger partial charge in [0.1, 0.15) is 6.29 Å². The Morgan fingerprint density at radius 3 is 2.77 bits per heavy atom. The van der Waals surface area contributed by atoms with Crippen molar-refractivity contribution in [1.29, 1.82) is 0 Å². The summed E-state index contributed by atoms with van der Waals surface area (Å²) >= 11 is 0. The molecule has 1 aliphatic carbocycles. The highest BCUT2D eigenvalue weighted by molar-refractivity contribution is 6.01. The Bertz CT molecular complexity index is 1360. The molecule has 2 aliphatic rings. The molecule has 3 heterocycles. The van der Waals surface area contributed by atoms with Crippen LogP contribution in [0, 0.1) is 5.92 Å². The maximum absolute atomic E-state index is 12.8. The lowest BCUT2D eigenvalue weighted by Crippen LogP contribution is -2.38. The third kappa shape index (κ3) is 2.89. The SMILES string of the molecule is Cn1c(-c2cc3ccccc3n2CC2CC2)nc2cc3c(cc21)CCN(CC=O)C3=O. The van der Waals surface area contributed by atoms with Crippen molar-refractivity contribution in [2.45, 2.75) is 25.8 Å². The van der Waals surface area contributed by atoms with E-state index in [1.54, 1.807) is 4.90 Å². The molecule has 6 nitrogen and oxygen atoms in total. The standard InChI is InChI=1S/C25H24N4O2/c1-27-22-12-17-8-9-28(10-11-30)25(31)19(17)14-20(22)26-24(27)23-13-18-4-2-3-5-21(18)29(23)15-16-6-7-16/h2-5,11-14,16H,6-10,15H2,1H3. The van der Waals surface area contributed by atoms with Crippen LogP contribution in [0.15, 0.2) is 42.5 Å². The number of para-hydroxylation sites is 1. The number of amides is 1.